The van der Waals surface area contributed by atoms with Crippen molar-refractivity contribution in [2.75, 3.05) is 12.4 Å². The Morgan fingerprint density at radius 2 is 1.85 bits per heavy atom. The number of ether oxygens (including phenoxy) is 2. The third-order valence-electron chi connectivity index (χ3n) is 3.90. The molecular weight excluding hydrogens is 348 g/mol. The Balaban J connectivity index is 1.79. The number of esters is 1. The molecule has 0 unspecified atom stereocenters. The van der Waals surface area contributed by atoms with Crippen LogP contribution in [-0.4, -0.2) is 33.9 Å². The number of hydrogen-bond acceptors (Lipinski definition) is 6. The second-order valence-corrected chi connectivity index (χ2v) is 5.73. The molecule has 0 aliphatic heterocycles. The zero-order valence-electron chi connectivity index (χ0n) is 15.1. The van der Waals surface area contributed by atoms with Crippen LogP contribution in [0.5, 0.6) is 11.8 Å². The fourth-order valence-electron chi connectivity index (χ4n) is 2.66. The molecule has 3 rings (SSSR count). The minimum atomic E-state index is -0.487. The first-order valence-electron chi connectivity index (χ1n) is 8.13. The van der Waals surface area contributed by atoms with Gasteiger partial charge in [-0.05, 0) is 37.6 Å². The van der Waals surface area contributed by atoms with Crippen LogP contribution in [0.2, 0.25) is 0 Å². The second kappa shape index (κ2) is 7.69. The van der Waals surface area contributed by atoms with Gasteiger partial charge in [-0.3, -0.25) is 4.79 Å². The standard InChI is InChI=1S/C19H18N4O4/c1-11-15(18(25)26-3)12(2)22-16(11)17(24)23-13-6-4-7-14(10-13)27-19-20-8-5-9-21-19/h4-10,22H,1-3H3,(H,23,24). The molecule has 8 heteroatoms. The number of anilines is 1. The lowest BCUT2D eigenvalue weighted by Crippen LogP contribution is -2.14. The molecule has 8 nitrogen and oxygen atoms in total. The largest absolute Gasteiger partial charge is 0.465 e. The third kappa shape index (κ3) is 3.95. The summed E-state index contributed by atoms with van der Waals surface area (Å²) in [5.74, 6) is -0.383. The maximum atomic E-state index is 12.6. The minimum Gasteiger partial charge on any atom is -0.465 e. The molecule has 138 valence electrons. The maximum absolute atomic E-state index is 12.6. The fraction of sp³-hybridized carbons (Fsp3) is 0.158. The Kier molecular flexibility index (Phi) is 5.16. The average molecular weight is 366 g/mol. The summed E-state index contributed by atoms with van der Waals surface area (Å²) in [6, 6.07) is 8.74. The first-order chi connectivity index (χ1) is 13.0. The molecule has 0 spiro atoms. The van der Waals surface area contributed by atoms with Gasteiger partial charge in [0.05, 0.1) is 12.7 Å². The molecule has 0 bridgehead atoms. The molecule has 0 aliphatic carbocycles. The lowest BCUT2D eigenvalue weighted by molar-refractivity contribution is 0.0599. The monoisotopic (exact) mass is 366 g/mol. The van der Waals surface area contributed by atoms with Gasteiger partial charge in [-0.2, -0.15) is 0 Å². The number of aromatic nitrogens is 3. The smallest absolute Gasteiger partial charge is 0.339 e. The van der Waals surface area contributed by atoms with Crippen LogP contribution >= 0.6 is 0 Å². The summed E-state index contributed by atoms with van der Waals surface area (Å²) >= 11 is 0. The van der Waals surface area contributed by atoms with Crippen LogP contribution in [0.3, 0.4) is 0 Å². The lowest BCUT2D eigenvalue weighted by Gasteiger charge is -2.08. The van der Waals surface area contributed by atoms with Crippen LogP contribution in [-0.2, 0) is 4.74 Å². The van der Waals surface area contributed by atoms with Crippen LogP contribution in [0.25, 0.3) is 0 Å². The van der Waals surface area contributed by atoms with Crippen molar-refractivity contribution in [3.63, 3.8) is 0 Å². The summed E-state index contributed by atoms with van der Waals surface area (Å²) in [5, 5.41) is 2.78. The number of hydrogen-bond donors (Lipinski definition) is 2. The third-order valence-corrected chi connectivity index (χ3v) is 3.90. The highest BCUT2D eigenvalue weighted by molar-refractivity contribution is 6.06. The summed E-state index contributed by atoms with van der Waals surface area (Å²) in [6.07, 6.45) is 3.15. The van der Waals surface area contributed by atoms with Crippen molar-refractivity contribution in [1.29, 1.82) is 0 Å². The molecule has 3 aromatic rings. The van der Waals surface area contributed by atoms with Crippen molar-refractivity contribution in [3.8, 4) is 11.8 Å². The molecule has 1 amide bonds. The van der Waals surface area contributed by atoms with E-state index in [1.54, 1.807) is 56.6 Å². The molecular formula is C19H18N4O4. The Morgan fingerprint density at radius 3 is 2.56 bits per heavy atom. The van der Waals surface area contributed by atoms with Crippen molar-refractivity contribution < 1.29 is 19.1 Å². The van der Waals surface area contributed by atoms with E-state index in [1.165, 1.54) is 7.11 Å². The van der Waals surface area contributed by atoms with Crippen LogP contribution in [0, 0.1) is 13.8 Å². The van der Waals surface area contributed by atoms with Gasteiger partial charge in [0, 0.05) is 29.8 Å². The Labute approximate surface area is 155 Å². The Bertz CT molecular complexity index is 983. The molecule has 27 heavy (non-hydrogen) atoms. The zero-order valence-corrected chi connectivity index (χ0v) is 15.1. The second-order valence-electron chi connectivity index (χ2n) is 5.73. The van der Waals surface area contributed by atoms with E-state index in [9.17, 15) is 9.59 Å². The lowest BCUT2D eigenvalue weighted by atomic mass is 10.1. The molecule has 2 aromatic heterocycles. The van der Waals surface area contributed by atoms with Gasteiger partial charge in [-0.25, -0.2) is 14.8 Å². The summed E-state index contributed by atoms with van der Waals surface area (Å²) in [5.41, 5.74) is 2.29. The van der Waals surface area contributed by atoms with Crippen LogP contribution in [0.4, 0.5) is 5.69 Å². The van der Waals surface area contributed by atoms with E-state index >= 15 is 0 Å². The van der Waals surface area contributed by atoms with E-state index < -0.39 is 5.97 Å². The van der Waals surface area contributed by atoms with Gasteiger partial charge in [-0.1, -0.05) is 6.07 Å². The van der Waals surface area contributed by atoms with E-state index in [2.05, 4.69) is 20.3 Å². The van der Waals surface area contributed by atoms with Crippen molar-refractivity contribution >= 4 is 17.6 Å². The van der Waals surface area contributed by atoms with E-state index in [4.69, 9.17) is 9.47 Å². The van der Waals surface area contributed by atoms with Gasteiger partial charge < -0.3 is 19.8 Å². The zero-order chi connectivity index (χ0) is 19.4. The van der Waals surface area contributed by atoms with Gasteiger partial charge in [0.25, 0.3) is 5.91 Å². The number of aryl methyl sites for hydroxylation is 1. The van der Waals surface area contributed by atoms with Crippen molar-refractivity contribution in [1.82, 2.24) is 15.0 Å². The highest BCUT2D eigenvalue weighted by Gasteiger charge is 2.22. The van der Waals surface area contributed by atoms with Gasteiger partial charge in [0.15, 0.2) is 0 Å². The summed E-state index contributed by atoms with van der Waals surface area (Å²) < 4.78 is 10.3. The Morgan fingerprint density at radius 1 is 1.11 bits per heavy atom. The quantitative estimate of drug-likeness (QED) is 0.671. The van der Waals surface area contributed by atoms with Gasteiger partial charge in [0.2, 0.25) is 0 Å². The molecule has 0 saturated carbocycles. The van der Waals surface area contributed by atoms with Gasteiger partial charge in [-0.15, -0.1) is 0 Å². The van der Waals surface area contributed by atoms with Gasteiger partial charge >= 0.3 is 12.0 Å². The number of methoxy groups -OCH3 is 1. The topological polar surface area (TPSA) is 106 Å². The van der Waals surface area contributed by atoms with Crippen molar-refractivity contribution in [2.45, 2.75) is 13.8 Å². The van der Waals surface area contributed by atoms with Crippen LogP contribution in [0.15, 0.2) is 42.7 Å². The van der Waals surface area contributed by atoms with Crippen molar-refractivity contribution in [3.05, 3.63) is 65.2 Å². The number of nitrogens with one attached hydrogen (secondary N) is 2. The summed E-state index contributed by atoms with van der Waals surface area (Å²) in [6.45, 7) is 3.40. The molecule has 0 aliphatic rings. The number of carbonyl (C=O) groups is 2. The van der Waals surface area contributed by atoms with E-state index in [0.29, 0.717) is 34.0 Å². The molecule has 1 aromatic carbocycles. The Hall–Kier alpha value is -3.68. The molecule has 0 fully saturated rings. The maximum Gasteiger partial charge on any atom is 0.339 e. The highest BCUT2D eigenvalue weighted by atomic mass is 16.5. The molecule has 2 heterocycles. The molecule has 0 radical (unpaired) electrons. The molecule has 0 atom stereocenters. The summed E-state index contributed by atoms with van der Waals surface area (Å²) in [7, 11) is 1.30. The molecule has 2 N–H and O–H groups in total. The van der Waals surface area contributed by atoms with Gasteiger partial charge in [0.1, 0.15) is 11.4 Å². The van der Waals surface area contributed by atoms with E-state index in [0.717, 1.165) is 0 Å². The predicted molar refractivity (Wildman–Crippen MR) is 98.1 cm³/mol. The average Bonchev–Trinajstić information content (AvgIpc) is 2.96. The molecule has 0 saturated heterocycles. The fourth-order valence-corrected chi connectivity index (χ4v) is 2.66. The van der Waals surface area contributed by atoms with E-state index in [1.807, 2.05) is 0 Å². The van der Waals surface area contributed by atoms with E-state index in [-0.39, 0.29) is 11.9 Å². The number of aromatic amines is 1. The number of amides is 1. The predicted octanol–water partition coefficient (Wildman–Crippen LogP) is 3.25. The number of nitrogens with zero attached hydrogens (tertiary/aromatic N) is 2. The first-order valence-corrected chi connectivity index (χ1v) is 8.13. The minimum absolute atomic E-state index is 0.208. The number of benzene rings is 1. The van der Waals surface area contributed by atoms with Crippen LogP contribution in [0.1, 0.15) is 32.1 Å². The number of rotatable bonds is 5. The van der Waals surface area contributed by atoms with Crippen LogP contribution < -0.4 is 10.1 Å². The highest BCUT2D eigenvalue weighted by Crippen LogP contribution is 2.23. The first kappa shape index (κ1) is 18.1. The normalized spacial score (nSPS) is 10.3. The number of carbonyl (C=O) groups excluding carboxylic acids is 2. The number of H-pyrrole nitrogens is 1. The van der Waals surface area contributed by atoms with Crippen molar-refractivity contribution in [2.24, 2.45) is 0 Å². The SMILES string of the molecule is COC(=O)c1c(C)[nH]c(C(=O)Nc2cccc(Oc3ncccn3)c2)c1C. The summed E-state index contributed by atoms with van der Waals surface area (Å²) in [4.78, 5) is 35.4.